The molecular formula is C12H15NO4. The number of nitrogens with two attached hydrogens (primary N) is 1. The molecule has 0 bridgehead atoms. The largest absolute Gasteiger partial charge is 0.493 e. The summed E-state index contributed by atoms with van der Waals surface area (Å²) in [7, 11) is 2.89. The van der Waals surface area contributed by atoms with Gasteiger partial charge in [0, 0.05) is 12.0 Å². The van der Waals surface area contributed by atoms with E-state index in [-0.39, 0.29) is 18.7 Å². The molecule has 5 nitrogen and oxygen atoms in total. The minimum Gasteiger partial charge on any atom is -0.493 e. The number of rotatable bonds is 6. The standard InChI is InChI=1S/C12H15NO4/c1-16-11-6-8(7-14)5-9(12(11)17-2)10(15)3-4-13/h5-7H,3-4,13H2,1-2H3. The Morgan fingerprint density at radius 3 is 2.53 bits per heavy atom. The van der Waals surface area contributed by atoms with Crippen molar-refractivity contribution in [3.63, 3.8) is 0 Å². The minimum absolute atomic E-state index is 0.175. The van der Waals surface area contributed by atoms with Gasteiger partial charge in [0.15, 0.2) is 17.3 Å². The Morgan fingerprint density at radius 2 is 2.06 bits per heavy atom. The molecule has 0 aliphatic heterocycles. The fourth-order valence-electron chi connectivity index (χ4n) is 1.53. The summed E-state index contributed by atoms with van der Waals surface area (Å²) in [5.41, 5.74) is 6.02. The number of methoxy groups -OCH3 is 2. The van der Waals surface area contributed by atoms with Crippen molar-refractivity contribution in [2.75, 3.05) is 20.8 Å². The number of benzene rings is 1. The lowest BCUT2D eigenvalue weighted by molar-refractivity contribution is 0.0982. The first-order valence-corrected chi connectivity index (χ1v) is 5.12. The molecule has 0 aliphatic carbocycles. The van der Waals surface area contributed by atoms with E-state index in [1.54, 1.807) is 0 Å². The average Bonchev–Trinajstić information content (AvgIpc) is 2.37. The summed E-state index contributed by atoms with van der Waals surface area (Å²) in [6.45, 7) is 0.246. The first kappa shape index (κ1) is 13.2. The van der Waals surface area contributed by atoms with Crippen LogP contribution < -0.4 is 15.2 Å². The van der Waals surface area contributed by atoms with Crippen molar-refractivity contribution in [1.82, 2.24) is 0 Å². The summed E-state index contributed by atoms with van der Waals surface area (Å²) in [6, 6.07) is 3.00. The Hall–Kier alpha value is -1.88. The molecule has 0 radical (unpaired) electrons. The van der Waals surface area contributed by atoms with Crippen LogP contribution >= 0.6 is 0 Å². The Balaban J connectivity index is 3.33. The molecule has 1 aromatic carbocycles. The molecular weight excluding hydrogens is 222 g/mol. The van der Waals surface area contributed by atoms with Gasteiger partial charge in [-0.3, -0.25) is 9.59 Å². The van der Waals surface area contributed by atoms with Crippen molar-refractivity contribution >= 4 is 12.1 Å². The molecule has 0 fully saturated rings. The van der Waals surface area contributed by atoms with E-state index >= 15 is 0 Å². The van der Waals surface area contributed by atoms with Crippen molar-refractivity contribution in [2.45, 2.75) is 6.42 Å². The maximum Gasteiger partial charge on any atom is 0.171 e. The van der Waals surface area contributed by atoms with Crippen molar-refractivity contribution in [2.24, 2.45) is 5.73 Å². The van der Waals surface area contributed by atoms with Crippen LogP contribution in [0, 0.1) is 0 Å². The smallest absolute Gasteiger partial charge is 0.171 e. The topological polar surface area (TPSA) is 78.6 Å². The van der Waals surface area contributed by atoms with Crippen LogP contribution in [0.15, 0.2) is 12.1 Å². The van der Waals surface area contributed by atoms with Gasteiger partial charge in [0.25, 0.3) is 0 Å². The Bertz CT molecular complexity index is 429. The number of carbonyl (C=O) groups excluding carboxylic acids is 2. The van der Waals surface area contributed by atoms with E-state index in [9.17, 15) is 9.59 Å². The number of hydrogen-bond acceptors (Lipinski definition) is 5. The SMILES string of the molecule is COc1cc(C=O)cc(C(=O)CCN)c1OC. The third-order valence-corrected chi connectivity index (χ3v) is 2.31. The van der Waals surface area contributed by atoms with Crippen molar-refractivity contribution in [3.8, 4) is 11.5 Å². The highest BCUT2D eigenvalue weighted by Gasteiger charge is 2.17. The second-order valence-electron chi connectivity index (χ2n) is 3.38. The molecule has 0 spiro atoms. The summed E-state index contributed by atoms with van der Waals surface area (Å²) in [5.74, 6) is 0.514. The van der Waals surface area contributed by atoms with E-state index < -0.39 is 0 Å². The third-order valence-electron chi connectivity index (χ3n) is 2.31. The van der Waals surface area contributed by atoms with Gasteiger partial charge in [-0.1, -0.05) is 0 Å². The molecule has 2 N–H and O–H groups in total. The first-order valence-electron chi connectivity index (χ1n) is 5.12. The number of ether oxygens (including phenoxy) is 2. The van der Waals surface area contributed by atoms with E-state index in [0.717, 1.165) is 0 Å². The number of ketones is 1. The molecule has 0 heterocycles. The monoisotopic (exact) mass is 237 g/mol. The van der Waals surface area contributed by atoms with Gasteiger partial charge in [-0.15, -0.1) is 0 Å². The average molecular weight is 237 g/mol. The molecule has 0 saturated heterocycles. The van der Waals surface area contributed by atoms with Crippen LogP contribution in [0.5, 0.6) is 11.5 Å². The summed E-state index contributed by atoms with van der Waals surface area (Å²) in [4.78, 5) is 22.6. The van der Waals surface area contributed by atoms with E-state index in [4.69, 9.17) is 15.2 Å². The maximum absolute atomic E-state index is 11.8. The second kappa shape index (κ2) is 6.00. The number of aldehydes is 1. The van der Waals surface area contributed by atoms with Crippen molar-refractivity contribution in [3.05, 3.63) is 23.3 Å². The van der Waals surface area contributed by atoms with E-state index in [1.807, 2.05) is 0 Å². The molecule has 5 heteroatoms. The molecule has 0 atom stereocenters. The lowest BCUT2D eigenvalue weighted by atomic mass is 10.0. The Labute approximate surface area is 99.5 Å². The summed E-state index contributed by atoms with van der Waals surface area (Å²) >= 11 is 0. The van der Waals surface area contributed by atoms with Gasteiger partial charge in [0.2, 0.25) is 0 Å². The highest BCUT2D eigenvalue weighted by atomic mass is 16.5. The van der Waals surface area contributed by atoms with Gasteiger partial charge in [-0.25, -0.2) is 0 Å². The van der Waals surface area contributed by atoms with Gasteiger partial charge >= 0.3 is 0 Å². The summed E-state index contributed by atoms with van der Waals surface area (Å²) < 4.78 is 10.2. The fraction of sp³-hybridized carbons (Fsp3) is 0.333. The molecule has 1 aromatic rings. The summed E-state index contributed by atoms with van der Waals surface area (Å²) in [5, 5.41) is 0. The summed E-state index contributed by atoms with van der Waals surface area (Å²) in [6.07, 6.45) is 0.850. The predicted molar refractivity (Wildman–Crippen MR) is 62.9 cm³/mol. The highest BCUT2D eigenvalue weighted by Crippen LogP contribution is 2.32. The minimum atomic E-state index is -0.175. The van der Waals surface area contributed by atoms with Gasteiger partial charge in [-0.05, 0) is 18.7 Å². The Kier molecular flexibility index (Phi) is 4.66. The molecule has 0 aliphatic rings. The zero-order chi connectivity index (χ0) is 12.8. The fourth-order valence-corrected chi connectivity index (χ4v) is 1.53. The van der Waals surface area contributed by atoms with Gasteiger partial charge in [0.1, 0.15) is 6.29 Å². The van der Waals surface area contributed by atoms with Crippen LogP contribution in [-0.4, -0.2) is 32.8 Å². The highest BCUT2D eigenvalue weighted by molar-refractivity contribution is 6.01. The van der Waals surface area contributed by atoms with Crippen LogP contribution in [0.25, 0.3) is 0 Å². The Morgan fingerprint density at radius 1 is 1.35 bits per heavy atom. The number of carbonyl (C=O) groups is 2. The lowest BCUT2D eigenvalue weighted by Crippen LogP contribution is -2.10. The van der Waals surface area contributed by atoms with Gasteiger partial charge in [-0.2, -0.15) is 0 Å². The molecule has 92 valence electrons. The van der Waals surface area contributed by atoms with E-state index in [1.165, 1.54) is 26.4 Å². The molecule has 17 heavy (non-hydrogen) atoms. The zero-order valence-electron chi connectivity index (χ0n) is 9.86. The van der Waals surface area contributed by atoms with Crippen molar-refractivity contribution < 1.29 is 19.1 Å². The van der Waals surface area contributed by atoms with E-state index in [0.29, 0.717) is 28.9 Å². The number of Topliss-reactive ketones (excluding diaryl/α,β-unsaturated/α-hetero) is 1. The van der Waals surface area contributed by atoms with Crippen LogP contribution in [-0.2, 0) is 0 Å². The van der Waals surface area contributed by atoms with Crippen LogP contribution in [0.2, 0.25) is 0 Å². The van der Waals surface area contributed by atoms with Gasteiger partial charge in [0.05, 0.1) is 19.8 Å². The van der Waals surface area contributed by atoms with Gasteiger partial charge < -0.3 is 15.2 Å². The van der Waals surface area contributed by atoms with Crippen LogP contribution in [0.3, 0.4) is 0 Å². The van der Waals surface area contributed by atoms with E-state index in [2.05, 4.69) is 0 Å². The number of hydrogen-bond donors (Lipinski definition) is 1. The molecule has 1 rings (SSSR count). The quantitative estimate of drug-likeness (QED) is 0.591. The van der Waals surface area contributed by atoms with Crippen LogP contribution in [0.4, 0.5) is 0 Å². The normalized spacial score (nSPS) is 9.82. The first-order chi connectivity index (χ1) is 8.17. The molecule has 0 amide bonds. The molecule has 0 saturated carbocycles. The maximum atomic E-state index is 11.8. The molecule has 0 unspecified atom stereocenters. The lowest BCUT2D eigenvalue weighted by Gasteiger charge is -2.12. The zero-order valence-corrected chi connectivity index (χ0v) is 9.86. The van der Waals surface area contributed by atoms with Crippen LogP contribution in [0.1, 0.15) is 27.1 Å². The third kappa shape index (κ3) is 2.82. The second-order valence-corrected chi connectivity index (χ2v) is 3.38. The molecule has 0 aromatic heterocycles. The van der Waals surface area contributed by atoms with Crippen molar-refractivity contribution in [1.29, 1.82) is 0 Å². The predicted octanol–water partition coefficient (Wildman–Crippen LogP) is 1.05.